The molecular weight excluding hydrogens is 220 g/mol. The number of ether oxygens (including phenoxy) is 1. The molecule has 2 rings (SSSR count). The van der Waals surface area contributed by atoms with E-state index in [1.54, 1.807) is 10.7 Å². The number of aryl methyl sites for hydroxylation is 1. The third-order valence-corrected chi connectivity index (χ3v) is 2.78. The van der Waals surface area contributed by atoms with Crippen LogP contribution in [0.25, 0.3) is 0 Å². The maximum atomic E-state index is 11.6. The standard InChI is InChI=1S/C11H18N4O2/c1-3-15-5-4-9(14-15)13-10(16)6-17-11(2)7-12-8-11/h4-5,12H,3,6-8H2,1-2H3,(H,13,14,16). The molecule has 6 nitrogen and oxygen atoms in total. The van der Waals surface area contributed by atoms with Gasteiger partial charge >= 0.3 is 0 Å². The quantitative estimate of drug-likeness (QED) is 0.770. The van der Waals surface area contributed by atoms with Crippen LogP contribution in [0.2, 0.25) is 0 Å². The lowest BCUT2D eigenvalue weighted by Crippen LogP contribution is -2.59. The van der Waals surface area contributed by atoms with Gasteiger partial charge in [0.1, 0.15) is 6.61 Å². The Kier molecular flexibility index (Phi) is 3.44. The molecule has 1 amide bonds. The number of amides is 1. The average molecular weight is 238 g/mol. The van der Waals surface area contributed by atoms with E-state index in [-0.39, 0.29) is 18.1 Å². The topological polar surface area (TPSA) is 68.2 Å². The SMILES string of the molecule is CCn1ccc(NC(=O)COC2(C)CNC2)n1. The van der Waals surface area contributed by atoms with Crippen LogP contribution in [-0.4, -0.2) is 41.0 Å². The van der Waals surface area contributed by atoms with Gasteiger partial charge in [0, 0.05) is 31.9 Å². The predicted octanol–water partition coefficient (Wildman–Crippen LogP) is 0.220. The van der Waals surface area contributed by atoms with Crippen LogP contribution in [0.15, 0.2) is 12.3 Å². The zero-order chi connectivity index (χ0) is 12.3. The highest BCUT2D eigenvalue weighted by Gasteiger charge is 2.33. The summed E-state index contributed by atoms with van der Waals surface area (Å²) in [4.78, 5) is 11.6. The van der Waals surface area contributed by atoms with Crippen molar-refractivity contribution in [3.8, 4) is 0 Å². The fourth-order valence-electron chi connectivity index (χ4n) is 1.60. The molecule has 0 atom stereocenters. The van der Waals surface area contributed by atoms with E-state index in [1.165, 1.54) is 0 Å². The van der Waals surface area contributed by atoms with E-state index in [9.17, 15) is 4.79 Å². The van der Waals surface area contributed by atoms with Crippen LogP contribution in [0.5, 0.6) is 0 Å². The Bertz CT molecular complexity index is 398. The number of nitrogens with one attached hydrogen (secondary N) is 2. The van der Waals surface area contributed by atoms with E-state index in [0.29, 0.717) is 5.82 Å². The van der Waals surface area contributed by atoms with Gasteiger partial charge in [-0.15, -0.1) is 0 Å². The molecule has 1 aliphatic rings. The minimum Gasteiger partial charge on any atom is -0.363 e. The number of carbonyl (C=O) groups is 1. The van der Waals surface area contributed by atoms with Crippen LogP contribution in [0.3, 0.4) is 0 Å². The summed E-state index contributed by atoms with van der Waals surface area (Å²) in [6.45, 7) is 6.43. The van der Waals surface area contributed by atoms with Crippen LogP contribution >= 0.6 is 0 Å². The third-order valence-electron chi connectivity index (χ3n) is 2.78. The van der Waals surface area contributed by atoms with Crippen molar-refractivity contribution in [1.82, 2.24) is 15.1 Å². The Labute approximate surface area is 100 Å². The molecule has 0 saturated carbocycles. The second kappa shape index (κ2) is 4.85. The first-order valence-electron chi connectivity index (χ1n) is 5.79. The van der Waals surface area contributed by atoms with Gasteiger partial charge in [-0.25, -0.2) is 0 Å². The lowest BCUT2D eigenvalue weighted by atomic mass is 10.0. The van der Waals surface area contributed by atoms with Crippen LogP contribution in [0.4, 0.5) is 5.82 Å². The van der Waals surface area contributed by atoms with Gasteiger partial charge in [-0.3, -0.25) is 9.48 Å². The number of hydrogen-bond acceptors (Lipinski definition) is 4. The number of carbonyl (C=O) groups excluding carboxylic acids is 1. The van der Waals surface area contributed by atoms with Gasteiger partial charge < -0.3 is 15.4 Å². The normalized spacial score (nSPS) is 17.5. The van der Waals surface area contributed by atoms with Crippen LogP contribution < -0.4 is 10.6 Å². The number of nitrogens with zero attached hydrogens (tertiary/aromatic N) is 2. The van der Waals surface area contributed by atoms with Gasteiger partial charge in [-0.05, 0) is 13.8 Å². The smallest absolute Gasteiger partial charge is 0.251 e. The number of anilines is 1. The highest BCUT2D eigenvalue weighted by Crippen LogP contribution is 2.14. The third kappa shape index (κ3) is 3.04. The fourth-order valence-corrected chi connectivity index (χ4v) is 1.60. The van der Waals surface area contributed by atoms with E-state index in [0.717, 1.165) is 19.6 Å². The Balaban J connectivity index is 1.76. The summed E-state index contributed by atoms with van der Waals surface area (Å²) in [5, 5.41) is 9.98. The summed E-state index contributed by atoms with van der Waals surface area (Å²) in [6, 6.07) is 1.77. The van der Waals surface area contributed by atoms with E-state index in [4.69, 9.17) is 4.74 Å². The van der Waals surface area contributed by atoms with Crippen LogP contribution in [0, 0.1) is 0 Å². The summed E-state index contributed by atoms with van der Waals surface area (Å²) in [7, 11) is 0. The Morgan fingerprint density at radius 1 is 1.71 bits per heavy atom. The minimum absolute atomic E-state index is 0.0666. The largest absolute Gasteiger partial charge is 0.363 e. The van der Waals surface area contributed by atoms with Gasteiger partial charge in [0.25, 0.3) is 5.91 Å². The molecule has 0 bridgehead atoms. The first kappa shape index (κ1) is 12.1. The molecule has 0 radical (unpaired) electrons. The maximum absolute atomic E-state index is 11.6. The van der Waals surface area contributed by atoms with Crippen molar-refractivity contribution in [1.29, 1.82) is 0 Å². The minimum atomic E-state index is -0.194. The summed E-state index contributed by atoms with van der Waals surface area (Å²) in [6.07, 6.45) is 1.83. The molecule has 94 valence electrons. The van der Waals surface area contributed by atoms with E-state index in [1.807, 2.05) is 20.0 Å². The van der Waals surface area contributed by atoms with Crippen molar-refractivity contribution < 1.29 is 9.53 Å². The summed E-state index contributed by atoms with van der Waals surface area (Å²) in [5.41, 5.74) is -0.194. The molecule has 0 aromatic carbocycles. The average Bonchev–Trinajstić information content (AvgIpc) is 2.71. The molecule has 1 aromatic heterocycles. The van der Waals surface area contributed by atoms with E-state index < -0.39 is 0 Å². The molecule has 0 aliphatic carbocycles. The van der Waals surface area contributed by atoms with Gasteiger partial charge in [0.05, 0.1) is 5.60 Å². The molecule has 2 N–H and O–H groups in total. The first-order chi connectivity index (χ1) is 8.11. The Morgan fingerprint density at radius 3 is 3.00 bits per heavy atom. The highest BCUT2D eigenvalue weighted by atomic mass is 16.5. The van der Waals surface area contributed by atoms with Crippen molar-refractivity contribution in [2.24, 2.45) is 0 Å². The van der Waals surface area contributed by atoms with Gasteiger partial charge in [0.15, 0.2) is 5.82 Å². The van der Waals surface area contributed by atoms with Gasteiger partial charge in [-0.2, -0.15) is 5.10 Å². The lowest BCUT2D eigenvalue weighted by Gasteiger charge is -2.38. The second-order valence-corrected chi connectivity index (χ2v) is 4.45. The summed E-state index contributed by atoms with van der Waals surface area (Å²) < 4.78 is 7.28. The van der Waals surface area contributed by atoms with E-state index >= 15 is 0 Å². The lowest BCUT2D eigenvalue weighted by molar-refractivity contribution is -0.130. The zero-order valence-electron chi connectivity index (χ0n) is 10.2. The molecule has 6 heteroatoms. The second-order valence-electron chi connectivity index (χ2n) is 4.45. The molecule has 2 heterocycles. The summed E-state index contributed by atoms with van der Waals surface area (Å²) in [5.74, 6) is 0.400. The molecule has 0 spiro atoms. The maximum Gasteiger partial charge on any atom is 0.251 e. The monoisotopic (exact) mass is 238 g/mol. The summed E-state index contributed by atoms with van der Waals surface area (Å²) >= 11 is 0. The first-order valence-corrected chi connectivity index (χ1v) is 5.79. The number of rotatable bonds is 5. The highest BCUT2D eigenvalue weighted by molar-refractivity contribution is 5.90. The van der Waals surface area contributed by atoms with Crippen molar-refractivity contribution in [3.63, 3.8) is 0 Å². The number of aromatic nitrogens is 2. The fraction of sp³-hybridized carbons (Fsp3) is 0.636. The molecule has 1 saturated heterocycles. The Hall–Kier alpha value is -1.40. The van der Waals surface area contributed by atoms with Gasteiger partial charge in [0.2, 0.25) is 0 Å². The zero-order valence-corrected chi connectivity index (χ0v) is 10.2. The van der Waals surface area contributed by atoms with Gasteiger partial charge in [-0.1, -0.05) is 0 Å². The van der Waals surface area contributed by atoms with Crippen molar-refractivity contribution in [2.75, 3.05) is 25.0 Å². The molecule has 1 fully saturated rings. The number of hydrogen-bond donors (Lipinski definition) is 2. The van der Waals surface area contributed by atoms with Crippen LogP contribution in [-0.2, 0) is 16.1 Å². The predicted molar refractivity (Wildman–Crippen MR) is 63.8 cm³/mol. The molecule has 1 aliphatic heterocycles. The van der Waals surface area contributed by atoms with Crippen molar-refractivity contribution in [3.05, 3.63) is 12.3 Å². The van der Waals surface area contributed by atoms with Crippen molar-refractivity contribution >= 4 is 11.7 Å². The molecule has 0 unspecified atom stereocenters. The molecule has 1 aromatic rings. The van der Waals surface area contributed by atoms with Crippen LogP contribution in [0.1, 0.15) is 13.8 Å². The Morgan fingerprint density at radius 2 is 2.47 bits per heavy atom. The van der Waals surface area contributed by atoms with E-state index in [2.05, 4.69) is 15.7 Å². The molecule has 17 heavy (non-hydrogen) atoms. The molecular formula is C11H18N4O2. The van der Waals surface area contributed by atoms with Crippen molar-refractivity contribution in [2.45, 2.75) is 26.0 Å².